The summed E-state index contributed by atoms with van der Waals surface area (Å²) in [7, 11) is 0. The van der Waals surface area contributed by atoms with Crippen LogP contribution in [0.25, 0.3) is 0 Å². The molecule has 1 atom stereocenters. The zero-order chi connectivity index (χ0) is 19.2. The van der Waals surface area contributed by atoms with Gasteiger partial charge in [0.25, 0.3) is 0 Å². The van der Waals surface area contributed by atoms with Gasteiger partial charge in [-0.3, -0.25) is 0 Å². The van der Waals surface area contributed by atoms with Crippen molar-refractivity contribution in [1.82, 2.24) is 0 Å². The van der Waals surface area contributed by atoms with Gasteiger partial charge < -0.3 is 0 Å². The summed E-state index contributed by atoms with van der Waals surface area (Å²) < 4.78 is 0. The third-order valence-electron chi connectivity index (χ3n) is 6.23. The average molecular weight is 331 g/mol. The van der Waals surface area contributed by atoms with Crippen molar-refractivity contribution in [3.63, 3.8) is 0 Å². The van der Waals surface area contributed by atoms with E-state index in [0.717, 1.165) is 0 Å². The first kappa shape index (κ1) is 23.0. The summed E-state index contributed by atoms with van der Waals surface area (Å²) >= 11 is 0. The van der Waals surface area contributed by atoms with E-state index in [9.17, 15) is 0 Å². The highest BCUT2D eigenvalue weighted by Crippen LogP contribution is 2.38. The van der Waals surface area contributed by atoms with E-state index in [1.807, 2.05) is 0 Å². The molecule has 0 aromatic rings. The molecule has 1 unspecified atom stereocenters. The van der Waals surface area contributed by atoms with Crippen LogP contribution < -0.4 is 0 Å². The van der Waals surface area contributed by atoms with Gasteiger partial charge in [-0.25, -0.2) is 0 Å². The lowest BCUT2D eigenvalue weighted by Crippen LogP contribution is -1.95. The molecule has 2 rings (SSSR count). The maximum Gasteiger partial charge on any atom is -0.00127 e. The Balaban J connectivity index is 0.000000381. The Hall–Kier alpha value is -1.04. The fourth-order valence-electron chi connectivity index (χ4n) is 3.58. The zero-order valence-electron chi connectivity index (χ0n) is 18.6. The molecule has 0 aromatic carbocycles. The van der Waals surface area contributed by atoms with E-state index in [4.69, 9.17) is 0 Å². The van der Waals surface area contributed by atoms with Crippen LogP contribution in [0.1, 0.15) is 95.9 Å². The summed E-state index contributed by atoms with van der Waals surface area (Å²) in [5.74, 6) is 1.40. The molecule has 0 bridgehead atoms. The van der Waals surface area contributed by atoms with E-state index >= 15 is 0 Å². The number of hydrogen-bond donors (Lipinski definition) is 0. The fraction of sp³-hybridized carbons (Fsp3) is 0.667. The predicted molar refractivity (Wildman–Crippen MR) is 112 cm³/mol. The van der Waals surface area contributed by atoms with E-state index in [1.165, 1.54) is 35.1 Å². The molecule has 24 heavy (non-hydrogen) atoms. The van der Waals surface area contributed by atoms with E-state index in [1.54, 1.807) is 22.3 Å². The number of allylic oxidation sites excluding steroid dienone is 8. The Bertz CT molecular complexity index is 537. The van der Waals surface area contributed by atoms with Crippen LogP contribution in [0.4, 0.5) is 0 Å². The third-order valence-corrected chi connectivity index (χ3v) is 6.23. The minimum atomic E-state index is 0.694. The van der Waals surface area contributed by atoms with Crippen LogP contribution >= 0.6 is 0 Å². The van der Waals surface area contributed by atoms with Crippen molar-refractivity contribution in [2.24, 2.45) is 11.8 Å². The van der Waals surface area contributed by atoms with Gasteiger partial charge in [-0.05, 0) is 89.0 Å². The molecule has 0 N–H and O–H groups in total. The first-order valence-electron chi connectivity index (χ1n) is 9.78. The lowest BCUT2D eigenvalue weighted by atomic mass is 9.96. The van der Waals surface area contributed by atoms with Gasteiger partial charge in [0, 0.05) is 0 Å². The molecule has 0 heterocycles. The molecule has 0 aliphatic heterocycles. The molecule has 0 amide bonds. The summed E-state index contributed by atoms with van der Waals surface area (Å²) in [6.07, 6.45) is 2.46. The zero-order valence-corrected chi connectivity index (χ0v) is 18.6. The quantitative estimate of drug-likeness (QED) is 0.452. The van der Waals surface area contributed by atoms with Crippen LogP contribution in [0.2, 0.25) is 0 Å². The maximum absolute atomic E-state index is 2.31. The second-order valence-corrected chi connectivity index (χ2v) is 7.58. The van der Waals surface area contributed by atoms with Gasteiger partial charge in [-0.2, -0.15) is 0 Å². The van der Waals surface area contributed by atoms with E-state index < -0.39 is 0 Å². The van der Waals surface area contributed by atoms with Crippen LogP contribution in [0.5, 0.6) is 0 Å². The Kier molecular flexibility index (Phi) is 9.63. The molecule has 2 aliphatic carbocycles. The van der Waals surface area contributed by atoms with Crippen LogP contribution in [0.3, 0.4) is 0 Å². The third kappa shape index (κ3) is 4.98. The molecular formula is C24H42. The fourth-order valence-corrected chi connectivity index (χ4v) is 3.58. The molecule has 0 radical (unpaired) electrons. The van der Waals surface area contributed by atoms with Crippen molar-refractivity contribution in [3.8, 4) is 0 Å². The van der Waals surface area contributed by atoms with Gasteiger partial charge in [0.1, 0.15) is 0 Å². The molecule has 0 spiro atoms. The number of hydrogen-bond acceptors (Lipinski definition) is 0. The summed E-state index contributed by atoms with van der Waals surface area (Å²) in [5.41, 5.74) is 12.4. The van der Waals surface area contributed by atoms with Crippen LogP contribution in [-0.4, -0.2) is 0 Å². The second kappa shape index (κ2) is 10.1. The molecular weight excluding hydrogens is 288 g/mol. The van der Waals surface area contributed by atoms with E-state index in [0.29, 0.717) is 11.8 Å². The molecule has 138 valence electrons. The van der Waals surface area contributed by atoms with Crippen LogP contribution in [0, 0.1) is 11.8 Å². The normalized spacial score (nSPS) is 21.2. The van der Waals surface area contributed by atoms with Gasteiger partial charge in [-0.15, -0.1) is 0 Å². The highest BCUT2D eigenvalue weighted by Gasteiger charge is 2.21. The predicted octanol–water partition coefficient (Wildman–Crippen LogP) is 8.42. The molecule has 0 nitrogen and oxygen atoms in total. The Morgan fingerprint density at radius 1 is 0.542 bits per heavy atom. The topological polar surface area (TPSA) is 0 Å². The lowest BCUT2D eigenvalue weighted by molar-refractivity contribution is 0.773. The molecule has 0 heteroatoms. The smallest absolute Gasteiger partial charge is 0.00127 e. The maximum atomic E-state index is 2.31. The minimum Gasteiger partial charge on any atom is -0.0656 e. The molecule has 2 aliphatic rings. The lowest BCUT2D eigenvalue weighted by Gasteiger charge is -2.09. The monoisotopic (exact) mass is 330 g/mol. The summed E-state index contributed by atoms with van der Waals surface area (Å²) in [6.45, 7) is 26.8. The summed E-state index contributed by atoms with van der Waals surface area (Å²) in [4.78, 5) is 0. The van der Waals surface area contributed by atoms with Gasteiger partial charge in [-0.1, -0.05) is 63.3 Å². The van der Waals surface area contributed by atoms with Crippen LogP contribution in [0.15, 0.2) is 44.6 Å². The first-order chi connectivity index (χ1) is 11.1. The summed E-state index contributed by atoms with van der Waals surface area (Å²) in [6, 6.07) is 0. The Morgan fingerprint density at radius 3 is 0.958 bits per heavy atom. The van der Waals surface area contributed by atoms with Crippen molar-refractivity contribution < 1.29 is 0 Å². The SMILES string of the molecule is CC1=C(C)C(C)C(C)=C1C.CCC.CCC1=C(C)C(C)=C(C)C1C. The largest absolute Gasteiger partial charge is 0.0656 e. The molecule has 0 saturated heterocycles. The number of rotatable bonds is 1. The Morgan fingerprint density at radius 2 is 0.833 bits per heavy atom. The molecule has 0 saturated carbocycles. The second-order valence-electron chi connectivity index (χ2n) is 7.58. The van der Waals surface area contributed by atoms with E-state index in [-0.39, 0.29) is 0 Å². The standard InChI is InChI=1S/C11H18.C10H16.C3H8/c1-6-11-9(4)7(2)8(3)10(11)5;1-6-7(2)9(4)10(5)8(6)3;1-3-2/h9H,6H2,1-5H3;6H,1-5H3;3H2,1-2H3. The van der Waals surface area contributed by atoms with Gasteiger partial charge in [0.05, 0.1) is 0 Å². The first-order valence-corrected chi connectivity index (χ1v) is 9.78. The molecule has 0 aromatic heterocycles. The molecule has 0 fully saturated rings. The van der Waals surface area contributed by atoms with Crippen molar-refractivity contribution in [2.75, 3.05) is 0 Å². The minimum absolute atomic E-state index is 0.694. The average Bonchev–Trinajstić information content (AvgIpc) is 2.84. The Labute approximate surface area is 152 Å². The van der Waals surface area contributed by atoms with Gasteiger partial charge >= 0.3 is 0 Å². The summed E-state index contributed by atoms with van der Waals surface area (Å²) in [5, 5.41) is 0. The van der Waals surface area contributed by atoms with Crippen LogP contribution in [-0.2, 0) is 0 Å². The van der Waals surface area contributed by atoms with Gasteiger partial charge in [0.2, 0.25) is 0 Å². The van der Waals surface area contributed by atoms with Crippen molar-refractivity contribution in [1.29, 1.82) is 0 Å². The highest BCUT2D eigenvalue weighted by molar-refractivity contribution is 5.46. The van der Waals surface area contributed by atoms with Gasteiger partial charge in [0.15, 0.2) is 0 Å². The van der Waals surface area contributed by atoms with Crippen molar-refractivity contribution in [3.05, 3.63) is 44.6 Å². The van der Waals surface area contributed by atoms with E-state index in [2.05, 4.69) is 83.1 Å². The highest BCUT2D eigenvalue weighted by atomic mass is 14.3. The van der Waals surface area contributed by atoms with Crippen molar-refractivity contribution >= 4 is 0 Å². The van der Waals surface area contributed by atoms with Crippen molar-refractivity contribution in [2.45, 2.75) is 95.9 Å².